The number of piperidine rings is 1. The number of benzene rings is 1. The summed E-state index contributed by atoms with van der Waals surface area (Å²) >= 11 is 0. The lowest BCUT2D eigenvalue weighted by Gasteiger charge is -2.42. The molecule has 0 unspecified atom stereocenters. The molecule has 0 radical (unpaired) electrons. The summed E-state index contributed by atoms with van der Waals surface area (Å²) in [5, 5.41) is 0. The first-order chi connectivity index (χ1) is 12.3. The molecule has 25 heavy (non-hydrogen) atoms. The third kappa shape index (κ3) is 4.20. The van der Waals surface area contributed by atoms with Gasteiger partial charge in [0.05, 0.1) is 51.4 Å². The molecule has 3 fully saturated rings. The molecule has 3 heteroatoms. The number of nitrogens with zero attached hydrogens (tertiary/aromatic N) is 1. The van der Waals surface area contributed by atoms with Crippen molar-refractivity contribution in [2.45, 2.75) is 57.5 Å². The molecule has 0 amide bonds. The average molecular weight is 344 g/mol. The van der Waals surface area contributed by atoms with E-state index in [2.05, 4.69) is 42.2 Å². The second-order valence-electron chi connectivity index (χ2n) is 8.88. The predicted octanol–water partition coefficient (Wildman–Crippen LogP) is 1.02. The van der Waals surface area contributed by atoms with Crippen molar-refractivity contribution in [1.82, 2.24) is 0 Å². The molecule has 1 saturated carbocycles. The lowest BCUT2D eigenvalue weighted by molar-refractivity contribution is -0.969. The van der Waals surface area contributed by atoms with Crippen LogP contribution in [0, 0.1) is 5.92 Å². The number of hydrogen-bond acceptors (Lipinski definition) is 1. The minimum absolute atomic E-state index is 0.933. The van der Waals surface area contributed by atoms with Gasteiger partial charge in [-0.15, -0.1) is 0 Å². The third-order valence-electron chi connectivity index (χ3n) is 7.25. The van der Waals surface area contributed by atoms with Crippen LogP contribution in [0.4, 0.5) is 5.69 Å². The van der Waals surface area contributed by atoms with Crippen LogP contribution in [0.25, 0.3) is 0 Å². The summed E-state index contributed by atoms with van der Waals surface area (Å²) in [4.78, 5) is 6.42. The maximum atomic E-state index is 2.58. The quantitative estimate of drug-likeness (QED) is 0.835. The topological polar surface area (TPSA) is 12.1 Å². The highest BCUT2D eigenvalue weighted by Crippen LogP contribution is 2.22. The van der Waals surface area contributed by atoms with Crippen LogP contribution < -0.4 is 14.7 Å². The lowest BCUT2D eigenvalue weighted by atomic mass is 9.85. The Labute approximate surface area is 154 Å². The zero-order chi connectivity index (χ0) is 17.1. The number of hydrogen-bond donors (Lipinski definition) is 2. The summed E-state index contributed by atoms with van der Waals surface area (Å²) < 4.78 is 0. The molecule has 2 atom stereocenters. The number of anilines is 1. The maximum Gasteiger partial charge on any atom is 0.0984 e. The number of likely N-dealkylation sites (tertiary alicyclic amines) is 1. The molecule has 4 rings (SSSR count). The van der Waals surface area contributed by atoms with Crippen molar-refractivity contribution in [2.24, 2.45) is 5.92 Å². The average Bonchev–Trinajstić information content (AvgIpc) is 2.69. The van der Waals surface area contributed by atoms with Crippen LogP contribution >= 0.6 is 0 Å². The summed E-state index contributed by atoms with van der Waals surface area (Å²) in [6.45, 7) is 10.5. The van der Waals surface area contributed by atoms with Crippen molar-refractivity contribution in [2.75, 3.05) is 44.2 Å². The molecule has 2 aliphatic heterocycles. The minimum atomic E-state index is 0.933. The van der Waals surface area contributed by atoms with Gasteiger partial charge in [-0.3, -0.25) is 0 Å². The van der Waals surface area contributed by atoms with Gasteiger partial charge >= 0.3 is 0 Å². The minimum Gasteiger partial charge on any atom is -0.360 e. The fraction of sp³-hybridized carbons (Fsp3) is 0.727. The van der Waals surface area contributed by atoms with Crippen LogP contribution in [0.2, 0.25) is 0 Å². The van der Waals surface area contributed by atoms with Crippen LogP contribution in [0.15, 0.2) is 30.3 Å². The number of nitrogens with one attached hydrogen (secondary N) is 2. The maximum absolute atomic E-state index is 2.58. The normalized spacial score (nSPS) is 34.8. The molecule has 1 aromatic rings. The second-order valence-corrected chi connectivity index (χ2v) is 8.88. The van der Waals surface area contributed by atoms with Crippen molar-refractivity contribution < 1.29 is 9.80 Å². The van der Waals surface area contributed by atoms with E-state index in [4.69, 9.17) is 0 Å². The fourth-order valence-electron chi connectivity index (χ4n) is 5.71. The lowest BCUT2D eigenvalue weighted by Crippen LogP contribution is -3.23. The van der Waals surface area contributed by atoms with Gasteiger partial charge in [0.1, 0.15) is 0 Å². The van der Waals surface area contributed by atoms with E-state index in [1.54, 1.807) is 0 Å². The molecule has 0 bridgehead atoms. The van der Waals surface area contributed by atoms with Gasteiger partial charge in [-0.1, -0.05) is 31.5 Å². The summed E-state index contributed by atoms with van der Waals surface area (Å²) in [5.41, 5.74) is 1.41. The standard InChI is InChI=1S/C22H35N3/c1-19-6-5-9-22(18-19)23-12-10-21(11-13-23)25-16-14-24(15-17-25)20-7-3-2-4-8-20/h2-4,7-8,19,21-22H,5-6,9-18H2,1H3/p+2/t19-,22+/m1/s1. The van der Waals surface area contributed by atoms with Crippen molar-refractivity contribution in [3.8, 4) is 0 Å². The number of rotatable bonds is 3. The molecule has 2 N–H and O–H groups in total. The van der Waals surface area contributed by atoms with Gasteiger partial charge in [-0.2, -0.15) is 0 Å². The largest absolute Gasteiger partial charge is 0.360 e. The molecule has 1 aromatic carbocycles. The Bertz CT molecular complexity index is 515. The van der Waals surface area contributed by atoms with Gasteiger partial charge in [0.25, 0.3) is 0 Å². The summed E-state index contributed by atoms with van der Waals surface area (Å²) in [6, 6.07) is 12.9. The molecular weight excluding hydrogens is 306 g/mol. The van der Waals surface area contributed by atoms with E-state index in [1.165, 1.54) is 83.5 Å². The van der Waals surface area contributed by atoms with Gasteiger partial charge < -0.3 is 14.7 Å². The first-order valence-corrected chi connectivity index (χ1v) is 10.8. The highest BCUT2D eigenvalue weighted by molar-refractivity contribution is 5.46. The van der Waals surface area contributed by atoms with Crippen molar-refractivity contribution in [3.05, 3.63) is 30.3 Å². The SMILES string of the molecule is C[C@@H]1CCC[C@H]([NH+]2CCC([NH+]3CCN(c4ccccc4)CC3)CC2)C1. The van der Waals surface area contributed by atoms with E-state index < -0.39 is 0 Å². The molecule has 138 valence electrons. The fourth-order valence-corrected chi connectivity index (χ4v) is 5.71. The van der Waals surface area contributed by atoms with Gasteiger partial charge in [-0.25, -0.2) is 0 Å². The van der Waals surface area contributed by atoms with Gasteiger partial charge in [0, 0.05) is 24.9 Å². The smallest absolute Gasteiger partial charge is 0.0984 e. The number of quaternary nitrogens is 2. The Kier molecular flexibility index (Phi) is 5.62. The van der Waals surface area contributed by atoms with Crippen molar-refractivity contribution >= 4 is 5.69 Å². The number of piperazine rings is 1. The van der Waals surface area contributed by atoms with E-state index in [9.17, 15) is 0 Å². The Morgan fingerprint density at radius 2 is 1.48 bits per heavy atom. The van der Waals surface area contributed by atoms with Gasteiger partial charge in [-0.05, 0) is 30.9 Å². The van der Waals surface area contributed by atoms with E-state index in [-0.39, 0.29) is 0 Å². The molecule has 2 saturated heterocycles. The van der Waals surface area contributed by atoms with Crippen LogP contribution in [0.5, 0.6) is 0 Å². The first kappa shape index (κ1) is 17.4. The molecular formula is C22H37N3+2. The Morgan fingerprint density at radius 3 is 2.16 bits per heavy atom. The predicted molar refractivity (Wildman–Crippen MR) is 104 cm³/mol. The Morgan fingerprint density at radius 1 is 0.800 bits per heavy atom. The zero-order valence-electron chi connectivity index (χ0n) is 16.1. The van der Waals surface area contributed by atoms with E-state index in [0.717, 1.165) is 18.0 Å². The Balaban J connectivity index is 1.24. The molecule has 2 heterocycles. The van der Waals surface area contributed by atoms with Crippen molar-refractivity contribution in [1.29, 1.82) is 0 Å². The molecule has 0 aromatic heterocycles. The van der Waals surface area contributed by atoms with E-state index in [1.807, 2.05) is 9.80 Å². The molecule has 0 spiro atoms. The van der Waals surface area contributed by atoms with Crippen molar-refractivity contribution in [3.63, 3.8) is 0 Å². The first-order valence-electron chi connectivity index (χ1n) is 10.8. The van der Waals surface area contributed by atoms with Gasteiger partial charge in [0.2, 0.25) is 0 Å². The monoisotopic (exact) mass is 343 g/mol. The number of para-hydroxylation sites is 1. The Hall–Kier alpha value is -1.06. The zero-order valence-corrected chi connectivity index (χ0v) is 16.1. The van der Waals surface area contributed by atoms with Gasteiger partial charge in [0.15, 0.2) is 0 Å². The summed E-state index contributed by atoms with van der Waals surface area (Å²) in [5.74, 6) is 0.973. The molecule has 3 nitrogen and oxygen atoms in total. The highest BCUT2D eigenvalue weighted by Gasteiger charge is 2.36. The van der Waals surface area contributed by atoms with Crippen LogP contribution in [-0.4, -0.2) is 51.4 Å². The summed E-state index contributed by atoms with van der Waals surface area (Å²) in [6.07, 6.45) is 8.85. The molecule has 3 aliphatic rings. The molecule has 1 aliphatic carbocycles. The third-order valence-corrected chi connectivity index (χ3v) is 7.25. The second kappa shape index (κ2) is 8.09. The van der Waals surface area contributed by atoms with Crippen LogP contribution in [0.1, 0.15) is 45.4 Å². The highest BCUT2D eigenvalue weighted by atomic mass is 15.3. The summed E-state index contributed by atoms with van der Waals surface area (Å²) in [7, 11) is 0. The van der Waals surface area contributed by atoms with E-state index >= 15 is 0 Å². The van der Waals surface area contributed by atoms with Crippen LogP contribution in [0.3, 0.4) is 0 Å². The van der Waals surface area contributed by atoms with E-state index in [0.29, 0.717) is 0 Å². The van der Waals surface area contributed by atoms with Crippen LogP contribution in [-0.2, 0) is 0 Å².